The Labute approximate surface area is 122 Å². The molecule has 2 aromatic carbocycles. The molecule has 0 amide bonds. The van der Waals surface area contributed by atoms with Crippen molar-refractivity contribution in [2.24, 2.45) is 0 Å². The predicted octanol–water partition coefficient (Wildman–Crippen LogP) is 4.26. The van der Waals surface area contributed by atoms with Crippen molar-refractivity contribution in [2.45, 2.75) is 45.6 Å². The largest absolute Gasteiger partial charge is 0.385 e. The van der Waals surface area contributed by atoms with Crippen LogP contribution >= 0.6 is 0 Å². The van der Waals surface area contributed by atoms with E-state index in [0.29, 0.717) is 6.42 Å². The van der Waals surface area contributed by atoms with Gasteiger partial charge in [0.15, 0.2) is 0 Å². The van der Waals surface area contributed by atoms with Crippen LogP contribution < -0.4 is 0 Å². The summed E-state index contributed by atoms with van der Waals surface area (Å²) < 4.78 is 0. The molecule has 20 heavy (non-hydrogen) atoms. The fourth-order valence-corrected chi connectivity index (χ4v) is 2.49. The Morgan fingerprint density at radius 3 is 1.60 bits per heavy atom. The lowest BCUT2D eigenvalue weighted by Gasteiger charge is -2.24. The van der Waals surface area contributed by atoms with Crippen molar-refractivity contribution >= 4 is 0 Å². The molecule has 0 aliphatic heterocycles. The second-order valence-corrected chi connectivity index (χ2v) is 5.67. The lowest BCUT2D eigenvalue weighted by atomic mass is 9.88. The van der Waals surface area contributed by atoms with Gasteiger partial charge in [-0.3, -0.25) is 0 Å². The van der Waals surface area contributed by atoms with Gasteiger partial charge < -0.3 is 5.11 Å². The van der Waals surface area contributed by atoms with Crippen LogP contribution in [0.1, 0.15) is 43.0 Å². The van der Waals surface area contributed by atoms with Gasteiger partial charge in [0.25, 0.3) is 0 Å². The van der Waals surface area contributed by atoms with Gasteiger partial charge in [-0.05, 0) is 42.0 Å². The SMILES string of the molecule is CCc1ccc(CC(C)(O)c2ccc(CC)cc2)cc1. The highest BCUT2D eigenvalue weighted by Gasteiger charge is 2.23. The first kappa shape index (κ1) is 14.8. The molecule has 106 valence electrons. The molecule has 0 aromatic heterocycles. The molecule has 1 atom stereocenters. The Morgan fingerprint density at radius 1 is 0.750 bits per heavy atom. The van der Waals surface area contributed by atoms with E-state index >= 15 is 0 Å². The van der Waals surface area contributed by atoms with Gasteiger partial charge in [0, 0.05) is 6.42 Å². The van der Waals surface area contributed by atoms with Gasteiger partial charge in [-0.15, -0.1) is 0 Å². The molecule has 0 saturated heterocycles. The molecule has 0 fully saturated rings. The van der Waals surface area contributed by atoms with Crippen molar-refractivity contribution in [1.29, 1.82) is 0 Å². The minimum absolute atomic E-state index is 0.641. The van der Waals surface area contributed by atoms with Crippen LogP contribution in [-0.2, 0) is 24.9 Å². The minimum Gasteiger partial charge on any atom is -0.385 e. The zero-order valence-electron chi connectivity index (χ0n) is 12.7. The van der Waals surface area contributed by atoms with Gasteiger partial charge in [0.2, 0.25) is 0 Å². The maximum Gasteiger partial charge on any atom is 0.0908 e. The van der Waals surface area contributed by atoms with Crippen LogP contribution in [0.4, 0.5) is 0 Å². The second kappa shape index (κ2) is 6.23. The molecular formula is C19H24O. The molecule has 0 aliphatic rings. The Morgan fingerprint density at radius 2 is 1.15 bits per heavy atom. The molecule has 2 rings (SSSR count). The number of rotatable bonds is 5. The van der Waals surface area contributed by atoms with Gasteiger partial charge in [0.05, 0.1) is 5.60 Å². The number of benzene rings is 2. The fourth-order valence-electron chi connectivity index (χ4n) is 2.49. The van der Waals surface area contributed by atoms with Crippen LogP contribution in [0, 0.1) is 0 Å². The first-order valence-corrected chi connectivity index (χ1v) is 7.44. The topological polar surface area (TPSA) is 20.2 Å². The first-order valence-electron chi connectivity index (χ1n) is 7.44. The Hall–Kier alpha value is -1.60. The van der Waals surface area contributed by atoms with E-state index in [1.54, 1.807) is 0 Å². The minimum atomic E-state index is -0.819. The van der Waals surface area contributed by atoms with E-state index in [0.717, 1.165) is 18.4 Å². The summed E-state index contributed by atoms with van der Waals surface area (Å²) in [5.74, 6) is 0. The predicted molar refractivity (Wildman–Crippen MR) is 84.9 cm³/mol. The van der Waals surface area contributed by atoms with E-state index in [9.17, 15) is 5.11 Å². The van der Waals surface area contributed by atoms with Crippen LogP contribution in [0.25, 0.3) is 0 Å². The molecule has 0 bridgehead atoms. The first-order chi connectivity index (χ1) is 9.55. The maximum absolute atomic E-state index is 10.7. The summed E-state index contributed by atoms with van der Waals surface area (Å²) in [5, 5.41) is 10.7. The van der Waals surface area contributed by atoms with Gasteiger partial charge >= 0.3 is 0 Å². The van der Waals surface area contributed by atoms with E-state index in [1.807, 2.05) is 19.1 Å². The summed E-state index contributed by atoms with van der Waals surface area (Å²) in [4.78, 5) is 0. The molecule has 0 saturated carbocycles. The normalized spacial score (nSPS) is 14.0. The van der Waals surface area contributed by atoms with Crippen LogP contribution in [0.15, 0.2) is 48.5 Å². The van der Waals surface area contributed by atoms with Gasteiger partial charge in [-0.25, -0.2) is 0 Å². The Kier molecular flexibility index (Phi) is 4.61. The zero-order valence-corrected chi connectivity index (χ0v) is 12.7. The molecule has 1 unspecified atom stereocenters. The lowest BCUT2D eigenvalue weighted by Crippen LogP contribution is -2.24. The van der Waals surface area contributed by atoms with E-state index in [-0.39, 0.29) is 0 Å². The van der Waals surface area contributed by atoms with Crippen LogP contribution in [0.2, 0.25) is 0 Å². The summed E-state index contributed by atoms with van der Waals surface area (Å²) in [6, 6.07) is 16.8. The second-order valence-electron chi connectivity index (χ2n) is 5.67. The summed E-state index contributed by atoms with van der Waals surface area (Å²) in [6.45, 7) is 6.19. The molecule has 1 N–H and O–H groups in total. The quantitative estimate of drug-likeness (QED) is 0.859. The van der Waals surface area contributed by atoms with E-state index in [4.69, 9.17) is 0 Å². The van der Waals surface area contributed by atoms with Gasteiger partial charge in [0.1, 0.15) is 0 Å². The van der Waals surface area contributed by atoms with E-state index in [2.05, 4.69) is 50.2 Å². The molecule has 0 radical (unpaired) electrons. The third-order valence-corrected chi connectivity index (χ3v) is 3.96. The van der Waals surface area contributed by atoms with Crippen LogP contribution in [0.5, 0.6) is 0 Å². The third kappa shape index (κ3) is 3.49. The highest BCUT2D eigenvalue weighted by Crippen LogP contribution is 2.26. The third-order valence-electron chi connectivity index (χ3n) is 3.96. The monoisotopic (exact) mass is 268 g/mol. The summed E-state index contributed by atoms with van der Waals surface area (Å²) >= 11 is 0. The number of hydrogen-bond acceptors (Lipinski definition) is 1. The molecule has 1 heteroatoms. The van der Waals surface area contributed by atoms with Crippen LogP contribution in [0.3, 0.4) is 0 Å². The number of hydrogen-bond donors (Lipinski definition) is 1. The Bertz CT molecular complexity index is 535. The number of aryl methyl sites for hydroxylation is 2. The van der Waals surface area contributed by atoms with E-state index < -0.39 is 5.60 Å². The van der Waals surface area contributed by atoms with Crippen molar-refractivity contribution in [3.8, 4) is 0 Å². The van der Waals surface area contributed by atoms with Crippen molar-refractivity contribution in [3.05, 3.63) is 70.8 Å². The summed E-state index contributed by atoms with van der Waals surface area (Å²) in [5.41, 5.74) is 3.97. The summed E-state index contributed by atoms with van der Waals surface area (Å²) in [7, 11) is 0. The van der Waals surface area contributed by atoms with Crippen LogP contribution in [-0.4, -0.2) is 5.11 Å². The van der Waals surface area contributed by atoms with Crippen molar-refractivity contribution in [3.63, 3.8) is 0 Å². The fraction of sp³-hybridized carbons (Fsp3) is 0.368. The Balaban J connectivity index is 2.15. The molecule has 2 aromatic rings. The summed E-state index contributed by atoms with van der Waals surface area (Å²) in [6.07, 6.45) is 2.72. The van der Waals surface area contributed by atoms with Crippen molar-refractivity contribution < 1.29 is 5.11 Å². The van der Waals surface area contributed by atoms with Gasteiger partial charge in [-0.2, -0.15) is 0 Å². The maximum atomic E-state index is 10.7. The highest BCUT2D eigenvalue weighted by molar-refractivity contribution is 5.30. The average molecular weight is 268 g/mol. The smallest absolute Gasteiger partial charge is 0.0908 e. The zero-order chi connectivity index (χ0) is 14.6. The molecule has 1 nitrogen and oxygen atoms in total. The van der Waals surface area contributed by atoms with E-state index in [1.165, 1.54) is 16.7 Å². The van der Waals surface area contributed by atoms with Crippen molar-refractivity contribution in [2.75, 3.05) is 0 Å². The standard InChI is InChI=1S/C19H24O/c1-4-15-6-8-17(9-7-15)14-19(3,20)18-12-10-16(5-2)11-13-18/h6-13,20H,4-5,14H2,1-3H3. The lowest BCUT2D eigenvalue weighted by molar-refractivity contribution is 0.0576. The highest BCUT2D eigenvalue weighted by atomic mass is 16.3. The molecule has 0 heterocycles. The molecular weight excluding hydrogens is 244 g/mol. The number of aliphatic hydroxyl groups is 1. The molecule has 0 aliphatic carbocycles. The van der Waals surface area contributed by atoms with Crippen molar-refractivity contribution in [1.82, 2.24) is 0 Å². The molecule has 0 spiro atoms. The van der Waals surface area contributed by atoms with Gasteiger partial charge in [-0.1, -0.05) is 62.4 Å². The average Bonchev–Trinajstić information content (AvgIpc) is 2.48.